The first-order valence-corrected chi connectivity index (χ1v) is 32.6. The van der Waals surface area contributed by atoms with Crippen LogP contribution in [0.1, 0.15) is 323 Å². The smallest absolute Gasteiger partial charge is 0.309 e. The molecule has 6 nitrogen and oxygen atoms in total. The van der Waals surface area contributed by atoms with E-state index >= 15 is 0 Å². The zero-order valence-electron chi connectivity index (χ0n) is 50.3. The van der Waals surface area contributed by atoms with Gasteiger partial charge in [0.15, 0.2) is 6.10 Å². The molecule has 0 aromatic heterocycles. The average molecular weight is 1060 g/mol. The summed E-state index contributed by atoms with van der Waals surface area (Å²) in [7, 11) is 0. The van der Waals surface area contributed by atoms with Crippen LogP contribution in [0.15, 0.2) is 85.1 Å². The van der Waals surface area contributed by atoms with E-state index in [1.807, 2.05) is 6.08 Å². The molecule has 1 atom stereocenters. The van der Waals surface area contributed by atoms with Crippen molar-refractivity contribution >= 4 is 17.9 Å². The summed E-state index contributed by atoms with van der Waals surface area (Å²) in [5.74, 6) is -1.03. The number of ether oxygens (including phenoxy) is 3. The standard InChI is InChI=1S/C70H122O6/c1-4-7-10-13-16-19-22-25-28-30-32-33-34-35-36-38-39-42-45-48-51-54-57-60-63-69(72)75-66-67(65-74-68(71)62-59-56-53-50-47-44-41-27-24-21-18-15-12-9-6-3)76-70(73)64-61-58-55-52-49-46-43-40-37-31-29-26-23-20-17-14-11-8-5-2/h9,12,17-18,20-21,26-27,29,41,47,50,56,59,67H,4-8,10-11,13-16,19,22-25,28,30-40,42-46,48-49,51-55,57-58,60-66H2,1-3H3/b12-9-,20-17-,21-18-,29-26-,41-27-,50-47-,59-56-. The van der Waals surface area contributed by atoms with E-state index in [9.17, 15) is 14.4 Å². The molecule has 0 aromatic carbocycles. The van der Waals surface area contributed by atoms with E-state index in [1.165, 1.54) is 205 Å². The van der Waals surface area contributed by atoms with E-state index in [0.29, 0.717) is 12.8 Å². The molecule has 0 spiro atoms. The zero-order chi connectivity index (χ0) is 55.0. The fraction of sp³-hybridized carbons (Fsp3) is 0.757. The van der Waals surface area contributed by atoms with Gasteiger partial charge >= 0.3 is 17.9 Å². The monoisotopic (exact) mass is 1060 g/mol. The molecule has 0 saturated carbocycles. The Labute approximate surface area is 471 Å². The second-order valence-electron chi connectivity index (χ2n) is 21.7. The van der Waals surface area contributed by atoms with Crippen LogP contribution in [0, 0.1) is 0 Å². The van der Waals surface area contributed by atoms with Gasteiger partial charge < -0.3 is 14.2 Å². The summed E-state index contributed by atoms with van der Waals surface area (Å²) >= 11 is 0. The molecule has 0 aliphatic heterocycles. The summed E-state index contributed by atoms with van der Waals surface area (Å²) in [6.07, 6.45) is 84.8. The van der Waals surface area contributed by atoms with Crippen LogP contribution in [0.5, 0.6) is 0 Å². The van der Waals surface area contributed by atoms with Gasteiger partial charge in [0.1, 0.15) is 13.2 Å². The Morgan fingerprint density at radius 1 is 0.289 bits per heavy atom. The van der Waals surface area contributed by atoms with Crippen molar-refractivity contribution in [3.8, 4) is 0 Å². The molecular formula is C70H122O6. The van der Waals surface area contributed by atoms with E-state index in [4.69, 9.17) is 14.2 Å². The number of hydrogen-bond donors (Lipinski definition) is 0. The van der Waals surface area contributed by atoms with Gasteiger partial charge in [-0.1, -0.05) is 311 Å². The van der Waals surface area contributed by atoms with Gasteiger partial charge in [-0.3, -0.25) is 14.4 Å². The van der Waals surface area contributed by atoms with Crippen LogP contribution in [-0.2, 0) is 28.6 Å². The Kier molecular flexibility index (Phi) is 61.2. The molecule has 0 amide bonds. The molecule has 0 aliphatic carbocycles. The van der Waals surface area contributed by atoms with E-state index < -0.39 is 12.1 Å². The first kappa shape index (κ1) is 72.6. The summed E-state index contributed by atoms with van der Waals surface area (Å²) in [5.41, 5.74) is 0. The van der Waals surface area contributed by atoms with Crippen molar-refractivity contribution < 1.29 is 28.6 Å². The molecule has 0 aliphatic rings. The molecule has 0 bridgehead atoms. The third-order valence-electron chi connectivity index (χ3n) is 14.2. The molecule has 0 saturated heterocycles. The Balaban J connectivity index is 4.37. The van der Waals surface area contributed by atoms with Crippen molar-refractivity contribution in [2.24, 2.45) is 0 Å². The Bertz CT molecular complexity index is 1450. The van der Waals surface area contributed by atoms with Gasteiger partial charge in [0.2, 0.25) is 0 Å². The lowest BCUT2D eigenvalue weighted by molar-refractivity contribution is -0.166. The predicted octanol–water partition coefficient (Wildman–Crippen LogP) is 22.3. The Morgan fingerprint density at radius 3 is 0.947 bits per heavy atom. The van der Waals surface area contributed by atoms with Gasteiger partial charge in [-0.15, -0.1) is 0 Å². The van der Waals surface area contributed by atoms with Crippen LogP contribution in [0.2, 0.25) is 0 Å². The Morgan fingerprint density at radius 2 is 0.566 bits per heavy atom. The highest BCUT2D eigenvalue weighted by Crippen LogP contribution is 2.17. The number of hydrogen-bond acceptors (Lipinski definition) is 6. The highest BCUT2D eigenvalue weighted by atomic mass is 16.6. The summed E-state index contributed by atoms with van der Waals surface area (Å²) in [4.78, 5) is 38.3. The number of carbonyl (C=O) groups excluding carboxylic acids is 3. The maximum atomic E-state index is 12.9. The summed E-state index contributed by atoms with van der Waals surface area (Å²) < 4.78 is 16.8. The molecule has 438 valence electrons. The lowest BCUT2D eigenvalue weighted by Gasteiger charge is -2.18. The highest BCUT2D eigenvalue weighted by molar-refractivity contribution is 5.72. The second kappa shape index (κ2) is 64.1. The average Bonchev–Trinajstić information content (AvgIpc) is 3.42. The molecule has 76 heavy (non-hydrogen) atoms. The zero-order valence-corrected chi connectivity index (χ0v) is 50.3. The third kappa shape index (κ3) is 61.4. The van der Waals surface area contributed by atoms with Crippen LogP contribution in [0.4, 0.5) is 0 Å². The SMILES string of the molecule is CC/C=C\C/C=C\C/C=C\C/C=C\C/C=C\CC(=O)OCC(COC(=O)CCCCCCCCCCCCCCCCCCCCCCCCCC)OC(=O)CCCCCCCCCCC/C=C\C/C=C\CCCCC. The Hall–Kier alpha value is -3.41. The molecular weight excluding hydrogens is 937 g/mol. The molecule has 1 unspecified atom stereocenters. The molecule has 0 N–H and O–H groups in total. The van der Waals surface area contributed by atoms with E-state index in [2.05, 4.69) is 93.7 Å². The summed E-state index contributed by atoms with van der Waals surface area (Å²) in [5, 5.41) is 0. The number of unbranched alkanes of at least 4 members (excludes halogenated alkanes) is 35. The van der Waals surface area contributed by atoms with Crippen LogP contribution in [0.25, 0.3) is 0 Å². The minimum atomic E-state index is -0.819. The second-order valence-corrected chi connectivity index (χ2v) is 21.7. The maximum Gasteiger partial charge on any atom is 0.309 e. The van der Waals surface area contributed by atoms with Crippen molar-refractivity contribution in [2.75, 3.05) is 13.2 Å². The quantitative estimate of drug-likeness (QED) is 0.0261. The van der Waals surface area contributed by atoms with Gasteiger partial charge in [0, 0.05) is 12.8 Å². The molecule has 0 aromatic rings. The van der Waals surface area contributed by atoms with Gasteiger partial charge in [-0.05, 0) is 77.0 Å². The van der Waals surface area contributed by atoms with Crippen LogP contribution in [0.3, 0.4) is 0 Å². The van der Waals surface area contributed by atoms with Crippen molar-refractivity contribution in [3.63, 3.8) is 0 Å². The fourth-order valence-electron chi connectivity index (χ4n) is 9.31. The molecule has 6 heteroatoms. The van der Waals surface area contributed by atoms with Crippen molar-refractivity contribution in [3.05, 3.63) is 85.1 Å². The fourth-order valence-corrected chi connectivity index (χ4v) is 9.31. The minimum absolute atomic E-state index is 0.105. The molecule has 0 rings (SSSR count). The highest BCUT2D eigenvalue weighted by Gasteiger charge is 2.19. The molecule has 0 radical (unpaired) electrons. The van der Waals surface area contributed by atoms with Crippen LogP contribution in [-0.4, -0.2) is 37.2 Å². The number of rotatable bonds is 59. The van der Waals surface area contributed by atoms with Gasteiger partial charge in [-0.25, -0.2) is 0 Å². The van der Waals surface area contributed by atoms with Gasteiger partial charge in [-0.2, -0.15) is 0 Å². The number of allylic oxidation sites excluding steroid dienone is 13. The largest absolute Gasteiger partial charge is 0.462 e. The van der Waals surface area contributed by atoms with Crippen LogP contribution >= 0.6 is 0 Å². The normalized spacial score (nSPS) is 12.6. The predicted molar refractivity (Wildman–Crippen MR) is 330 cm³/mol. The van der Waals surface area contributed by atoms with Crippen LogP contribution < -0.4 is 0 Å². The minimum Gasteiger partial charge on any atom is -0.462 e. The third-order valence-corrected chi connectivity index (χ3v) is 14.2. The number of carbonyl (C=O) groups is 3. The van der Waals surface area contributed by atoms with Gasteiger partial charge in [0.05, 0.1) is 6.42 Å². The summed E-state index contributed by atoms with van der Waals surface area (Å²) in [6, 6.07) is 0. The van der Waals surface area contributed by atoms with Crippen molar-refractivity contribution in [1.29, 1.82) is 0 Å². The van der Waals surface area contributed by atoms with Crippen molar-refractivity contribution in [2.45, 2.75) is 329 Å². The lowest BCUT2D eigenvalue weighted by atomic mass is 10.0. The van der Waals surface area contributed by atoms with Gasteiger partial charge in [0.25, 0.3) is 0 Å². The van der Waals surface area contributed by atoms with E-state index in [-0.39, 0.29) is 31.6 Å². The first-order valence-electron chi connectivity index (χ1n) is 32.6. The van der Waals surface area contributed by atoms with E-state index in [1.54, 1.807) is 6.08 Å². The maximum absolute atomic E-state index is 12.9. The molecule has 0 fully saturated rings. The number of esters is 3. The molecule has 0 heterocycles. The van der Waals surface area contributed by atoms with E-state index in [0.717, 1.165) is 77.0 Å². The van der Waals surface area contributed by atoms with Crippen molar-refractivity contribution in [1.82, 2.24) is 0 Å². The first-order chi connectivity index (χ1) is 37.5. The topological polar surface area (TPSA) is 78.9 Å². The lowest BCUT2D eigenvalue weighted by Crippen LogP contribution is -2.30. The summed E-state index contributed by atoms with van der Waals surface area (Å²) in [6.45, 7) is 6.45.